The van der Waals surface area contributed by atoms with Crippen LogP contribution in [-0.4, -0.2) is 50.2 Å². The zero-order chi connectivity index (χ0) is 21.6. The maximum atomic E-state index is 13.1. The molecule has 2 N–H and O–H groups in total. The Hall–Kier alpha value is -2.97. The number of nitro benzene ring substituents is 1. The van der Waals surface area contributed by atoms with Gasteiger partial charge in [0.2, 0.25) is 0 Å². The van der Waals surface area contributed by atoms with Crippen molar-refractivity contribution in [1.29, 1.82) is 0 Å². The molecule has 8 nitrogen and oxygen atoms in total. The molecule has 0 atom stereocenters. The van der Waals surface area contributed by atoms with Crippen LogP contribution in [-0.2, 0) is 17.8 Å². The fourth-order valence-corrected chi connectivity index (χ4v) is 4.39. The highest BCUT2D eigenvalue weighted by Gasteiger charge is 2.22. The SMILES string of the molecule is O=C(NCc1ccccc1C[NH+]1CCCC1)c1cc([N+](=O)[O-])ccc1N1CCOCC1. The molecule has 4 rings (SSSR count). The van der Waals surface area contributed by atoms with Gasteiger partial charge in [0, 0.05) is 50.2 Å². The topological polar surface area (TPSA) is 89.1 Å². The lowest BCUT2D eigenvalue weighted by Gasteiger charge is -2.30. The van der Waals surface area contributed by atoms with E-state index in [1.54, 1.807) is 11.0 Å². The van der Waals surface area contributed by atoms with Crippen molar-refractivity contribution in [2.75, 3.05) is 44.3 Å². The lowest BCUT2D eigenvalue weighted by atomic mass is 10.1. The number of hydrogen-bond acceptors (Lipinski definition) is 5. The maximum Gasteiger partial charge on any atom is 0.270 e. The van der Waals surface area contributed by atoms with Crippen LogP contribution in [0.2, 0.25) is 0 Å². The van der Waals surface area contributed by atoms with Gasteiger partial charge in [-0.25, -0.2) is 0 Å². The van der Waals surface area contributed by atoms with Crippen LogP contribution < -0.4 is 15.1 Å². The number of anilines is 1. The van der Waals surface area contributed by atoms with E-state index in [-0.39, 0.29) is 11.6 Å². The van der Waals surface area contributed by atoms with E-state index < -0.39 is 4.92 Å². The first-order valence-corrected chi connectivity index (χ1v) is 10.9. The molecule has 31 heavy (non-hydrogen) atoms. The third kappa shape index (κ3) is 5.21. The summed E-state index contributed by atoms with van der Waals surface area (Å²) < 4.78 is 5.40. The summed E-state index contributed by atoms with van der Waals surface area (Å²) in [6.45, 7) is 6.19. The van der Waals surface area contributed by atoms with Crippen LogP contribution >= 0.6 is 0 Å². The van der Waals surface area contributed by atoms with Gasteiger partial charge in [0.25, 0.3) is 11.6 Å². The lowest BCUT2D eigenvalue weighted by Crippen LogP contribution is -3.08. The highest BCUT2D eigenvalue weighted by atomic mass is 16.6. The van der Waals surface area contributed by atoms with E-state index in [1.165, 1.54) is 43.6 Å². The second-order valence-electron chi connectivity index (χ2n) is 8.14. The van der Waals surface area contributed by atoms with Gasteiger partial charge in [-0.15, -0.1) is 0 Å². The molecule has 2 fully saturated rings. The number of likely N-dealkylation sites (tertiary alicyclic amines) is 1. The van der Waals surface area contributed by atoms with E-state index in [9.17, 15) is 14.9 Å². The average Bonchev–Trinajstić information content (AvgIpc) is 3.31. The third-order valence-electron chi connectivity index (χ3n) is 6.10. The molecule has 2 heterocycles. The molecule has 2 aliphatic heterocycles. The molecular weight excluding hydrogens is 396 g/mol. The van der Waals surface area contributed by atoms with Gasteiger partial charge in [0.15, 0.2) is 0 Å². The Bertz CT molecular complexity index is 937. The summed E-state index contributed by atoms with van der Waals surface area (Å²) in [5.41, 5.74) is 3.29. The van der Waals surface area contributed by atoms with E-state index in [0.717, 1.165) is 12.1 Å². The predicted octanol–water partition coefficient (Wildman–Crippen LogP) is 1.54. The molecule has 0 aliphatic carbocycles. The van der Waals surface area contributed by atoms with Crippen molar-refractivity contribution in [2.45, 2.75) is 25.9 Å². The number of nitrogens with zero attached hydrogens (tertiary/aromatic N) is 2. The molecule has 2 saturated heterocycles. The molecular formula is C23H29N4O4+. The van der Waals surface area contributed by atoms with Crippen molar-refractivity contribution >= 4 is 17.3 Å². The van der Waals surface area contributed by atoms with Gasteiger partial charge < -0.3 is 19.9 Å². The summed E-state index contributed by atoms with van der Waals surface area (Å²) in [7, 11) is 0. The van der Waals surface area contributed by atoms with E-state index in [4.69, 9.17) is 4.74 Å². The van der Waals surface area contributed by atoms with E-state index >= 15 is 0 Å². The van der Waals surface area contributed by atoms with Gasteiger partial charge in [-0.3, -0.25) is 14.9 Å². The van der Waals surface area contributed by atoms with Gasteiger partial charge in [-0.05, 0) is 11.6 Å². The number of non-ortho nitro benzene ring substituents is 1. The second-order valence-corrected chi connectivity index (χ2v) is 8.14. The number of rotatable bonds is 7. The fourth-order valence-electron chi connectivity index (χ4n) is 4.39. The predicted molar refractivity (Wildman–Crippen MR) is 117 cm³/mol. The maximum absolute atomic E-state index is 13.1. The van der Waals surface area contributed by atoms with Crippen LogP contribution in [0.5, 0.6) is 0 Å². The number of amides is 1. The molecule has 8 heteroatoms. The third-order valence-corrected chi connectivity index (χ3v) is 6.10. The number of nitrogens with one attached hydrogen (secondary N) is 2. The van der Waals surface area contributed by atoms with Crippen molar-refractivity contribution in [3.8, 4) is 0 Å². The summed E-state index contributed by atoms with van der Waals surface area (Å²) in [6.07, 6.45) is 2.54. The van der Waals surface area contributed by atoms with Crippen molar-refractivity contribution in [1.82, 2.24) is 5.32 Å². The fraction of sp³-hybridized carbons (Fsp3) is 0.435. The van der Waals surface area contributed by atoms with Crippen molar-refractivity contribution in [3.05, 3.63) is 69.3 Å². The Morgan fingerprint density at radius 1 is 1.10 bits per heavy atom. The summed E-state index contributed by atoms with van der Waals surface area (Å²) in [6, 6.07) is 12.7. The number of ether oxygens (including phenoxy) is 1. The standard InChI is InChI=1S/C23H28N4O4/c28-23(24-16-18-5-1-2-6-19(18)17-25-9-3-4-10-25)21-15-20(27(29)30)7-8-22(21)26-11-13-31-14-12-26/h1-2,5-8,15H,3-4,9-14,16-17H2,(H,24,28)/p+1. The van der Waals surface area contributed by atoms with Gasteiger partial charge in [-0.1, -0.05) is 24.3 Å². The summed E-state index contributed by atoms with van der Waals surface area (Å²) in [5, 5.41) is 14.3. The van der Waals surface area contributed by atoms with E-state index in [1.807, 2.05) is 23.1 Å². The van der Waals surface area contributed by atoms with Crippen molar-refractivity contribution in [3.63, 3.8) is 0 Å². The van der Waals surface area contributed by atoms with Crippen LogP contribution in [0, 0.1) is 10.1 Å². The number of hydrogen-bond donors (Lipinski definition) is 2. The Labute approximate surface area is 181 Å². The highest BCUT2D eigenvalue weighted by Crippen LogP contribution is 2.26. The second kappa shape index (κ2) is 9.89. The number of carbonyl (C=O) groups is 1. The van der Waals surface area contributed by atoms with Gasteiger partial charge in [0.05, 0.1) is 42.5 Å². The van der Waals surface area contributed by atoms with Crippen molar-refractivity contribution in [2.24, 2.45) is 0 Å². The van der Waals surface area contributed by atoms with Gasteiger partial charge in [-0.2, -0.15) is 0 Å². The molecule has 2 aromatic carbocycles. The van der Waals surface area contributed by atoms with Crippen LogP contribution in [0.4, 0.5) is 11.4 Å². The minimum absolute atomic E-state index is 0.0832. The van der Waals surface area contributed by atoms with Crippen LogP contribution in [0.15, 0.2) is 42.5 Å². The molecule has 0 saturated carbocycles. The molecule has 2 aliphatic rings. The van der Waals surface area contributed by atoms with Crippen LogP contribution in [0.1, 0.15) is 34.3 Å². The first-order valence-electron chi connectivity index (χ1n) is 10.9. The quantitative estimate of drug-likeness (QED) is 0.519. The zero-order valence-corrected chi connectivity index (χ0v) is 17.6. The number of benzene rings is 2. The monoisotopic (exact) mass is 425 g/mol. The highest BCUT2D eigenvalue weighted by molar-refractivity contribution is 6.00. The summed E-state index contributed by atoms with van der Waals surface area (Å²) >= 11 is 0. The zero-order valence-electron chi connectivity index (χ0n) is 17.6. The summed E-state index contributed by atoms with van der Waals surface area (Å²) in [4.78, 5) is 27.6. The molecule has 0 spiro atoms. The smallest absolute Gasteiger partial charge is 0.270 e. The summed E-state index contributed by atoms with van der Waals surface area (Å²) in [5.74, 6) is -0.298. The average molecular weight is 426 g/mol. The molecule has 0 bridgehead atoms. The Balaban J connectivity index is 1.51. The number of carbonyl (C=O) groups excluding carboxylic acids is 1. The van der Waals surface area contributed by atoms with Gasteiger partial charge >= 0.3 is 0 Å². The van der Waals surface area contributed by atoms with E-state index in [2.05, 4.69) is 11.4 Å². The first kappa shape index (κ1) is 21.3. The van der Waals surface area contributed by atoms with Gasteiger partial charge in [0.1, 0.15) is 6.54 Å². The normalized spacial score (nSPS) is 17.0. The van der Waals surface area contributed by atoms with Crippen LogP contribution in [0.25, 0.3) is 0 Å². The Kier molecular flexibility index (Phi) is 6.79. The largest absolute Gasteiger partial charge is 0.378 e. The molecule has 0 unspecified atom stereocenters. The minimum Gasteiger partial charge on any atom is -0.378 e. The van der Waals surface area contributed by atoms with E-state index in [0.29, 0.717) is 44.1 Å². The number of nitro groups is 1. The molecule has 2 aromatic rings. The molecule has 1 amide bonds. The Morgan fingerprint density at radius 3 is 2.52 bits per heavy atom. The molecule has 164 valence electrons. The van der Waals surface area contributed by atoms with Crippen LogP contribution in [0.3, 0.4) is 0 Å². The Morgan fingerprint density at radius 2 is 1.81 bits per heavy atom. The van der Waals surface area contributed by atoms with Crippen molar-refractivity contribution < 1.29 is 19.4 Å². The molecule has 0 radical (unpaired) electrons. The molecule has 0 aromatic heterocycles. The number of morpholine rings is 1. The number of quaternary nitrogens is 1. The lowest BCUT2D eigenvalue weighted by molar-refractivity contribution is -0.901. The first-order chi connectivity index (χ1) is 15.1. The minimum atomic E-state index is -0.464.